The quantitative estimate of drug-likeness (QED) is 0.691. The minimum absolute atomic E-state index is 0.252. The van der Waals surface area contributed by atoms with E-state index in [4.69, 9.17) is 5.26 Å². The highest BCUT2D eigenvalue weighted by molar-refractivity contribution is 7.99. The Kier molecular flexibility index (Phi) is 4.35. The van der Waals surface area contributed by atoms with Crippen molar-refractivity contribution in [2.45, 2.75) is 10.1 Å². The molecule has 2 N–H and O–H groups in total. The lowest BCUT2D eigenvalue weighted by Crippen LogP contribution is -1.93. The average molecular weight is 324 g/mol. The predicted octanol–water partition coefficient (Wildman–Crippen LogP) is 2.06. The van der Waals surface area contributed by atoms with Gasteiger partial charge >= 0.3 is 0 Å². The van der Waals surface area contributed by atoms with Gasteiger partial charge in [0, 0.05) is 36.2 Å². The molecule has 2 heterocycles. The minimum atomic E-state index is 0.252. The summed E-state index contributed by atoms with van der Waals surface area (Å²) in [4.78, 5) is 5.35. The number of hydrogen-bond acceptors (Lipinski definition) is 7. The van der Waals surface area contributed by atoms with Gasteiger partial charge in [-0.1, -0.05) is 11.8 Å². The van der Waals surface area contributed by atoms with Gasteiger partial charge in [0.25, 0.3) is 0 Å². The molecule has 9 heteroatoms. The van der Waals surface area contributed by atoms with E-state index in [1.54, 1.807) is 24.2 Å². The van der Waals surface area contributed by atoms with E-state index < -0.39 is 0 Å². The van der Waals surface area contributed by atoms with Crippen LogP contribution in [0.3, 0.4) is 0 Å². The van der Waals surface area contributed by atoms with Gasteiger partial charge in [-0.25, -0.2) is 4.98 Å². The summed E-state index contributed by atoms with van der Waals surface area (Å²) in [6, 6.07) is 9.83. The number of nitrogens with one attached hydrogen (secondary N) is 2. The smallest absolute Gasteiger partial charge is 0.216 e. The van der Waals surface area contributed by atoms with Crippen LogP contribution in [0.15, 0.2) is 52.9 Å². The number of H-pyrrole nitrogens is 1. The van der Waals surface area contributed by atoms with Crippen LogP contribution >= 0.6 is 11.8 Å². The highest BCUT2D eigenvalue weighted by atomic mass is 32.2. The van der Waals surface area contributed by atoms with Gasteiger partial charge in [-0.3, -0.25) is 0 Å². The second-order valence-electron chi connectivity index (χ2n) is 4.50. The molecule has 3 aromatic rings. The van der Waals surface area contributed by atoms with E-state index in [1.165, 1.54) is 0 Å². The molecule has 114 valence electrons. The molecule has 0 spiro atoms. The largest absolute Gasteiger partial charge is 0.360 e. The van der Waals surface area contributed by atoms with E-state index in [0.717, 1.165) is 15.7 Å². The summed E-state index contributed by atoms with van der Waals surface area (Å²) in [5.41, 5.74) is 1.15. The number of nitriles is 1. The Balaban J connectivity index is 1.68. The van der Waals surface area contributed by atoms with Crippen molar-refractivity contribution in [2.24, 2.45) is 7.05 Å². The Bertz CT molecular complexity index is 842. The first-order chi connectivity index (χ1) is 11.3. The van der Waals surface area contributed by atoms with Gasteiger partial charge < -0.3 is 9.88 Å². The molecule has 0 aliphatic carbocycles. The van der Waals surface area contributed by atoms with E-state index in [1.807, 2.05) is 48.1 Å². The van der Waals surface area contributed by atoms with Crippen molar-refractivity contribution >= 4 is 23.0 Å². The number of allylic oxidation sites excluding steroid dienone is 1. The fourth-order valence-corrected chi connectivity index (χ4v) is 2.55. The van der Waals surface area contributed by atoms with Crippen molar-refractivity contribution in [1.29, 1.82) is 5.26 Å². The fourth-order valence-electron chi connectivity index (χ4n) is 1.75. The van der Waals surface area contributed by atoms with E-state index in [2.05, 4.69) is 30.9 Å². The number of imidazole rings is 1. The topological polar surface area (TPSA) is 108 Å². The van der Waals surface area contributed by atoms with Crippen molar-refractivity contribution < 1.29 is 0 Å². The first kappa shape index (κ1) is 14.8. The molecular weight excluding hydrogens is 312 g/mol. The minimum Gasteiger partial charge on any atom is -0.360 e. The number of anilines is 1. The van der Waals surface area contributed by atoms with E-state index >= 15 is 0 Å². The second-order valence-corrected chi connectivity index (χ2v) is 5.54. The highest BCUT2D eigenvalue weighted by Gasteiger charge is 2.05. The molecule has 8 nitrogen and oxygen atoms in total. The van der Waals surface area contributed by atoms with Gasteiger partial charge in [0.1, 0.15) is 11.6 Å². The summed E-state index contributed by atoms with van der Waals surface area (Å²) >= 11 is 1.58. The molecule has 2 aromatic heterocycles. The summed E-state index contributed by atoms with van der Waals surface area (Å²) in [7, 11) is 1.96. The maximum Gasteiger partial charge on any atom is 0.216 e. The van der Waals surface area contributed by atoms with Crippen molar-refractivity contribution in [2.75, 3.05) is 5.32 Å². The summed E-state index contributed by atoms with van der Waals surface area (Å²) in [6.07, 6.45) is 5.22. The molecule has 3 rings (SSSR count). The van der Waals surface area contributed by atoms with Crippen LogP contribution in [0.5, 0.6) is 0 Å². The Hall–Kier alpha value is -3.12. The molecule has 1 aromatic carbocycles. The van der Waals surface area contributed by atoms with Gasteiger partial charge in [-0.05, 0) is 29.5 Å². The van der Waals surface area contributed by atoms with Crippen molar-refractivity contribution in [3.8, 4) is 6.07 Å². The van der Waals surface area contributed by atoms with E-state index in [-0.39, 0.29) is 5.82 Å². The lowest BCUT2D eigenvalue weighted by Gasteiger charge is -2.04. The zero-order chi connectivity index (χ0) is 16.1. The first-order valence-electron chi connectivity index (χ1n) is 6.62. The molecule has 0 fully saturated rings. The number of hydrogen-bond donors (Lipinski definition) is 2. The third-order valence-corrected chi connectivity index (χ3v) is 4.01. The number of aromatic nitrogens is 6. The molecule has 0 aliphatic heterocycles. The fraction of sp³-hybridized carbons (Fsp3) is 0.0714. The van der Waals surface area contributed by atoms with Crippen LogP contribution in [0.25, 0.3) is 5.57 Å². The summed E-state index contributed by atoms with van der Waals surface area (Å²) in [5.74, 6) is 0.252. The van der Waals surface area contributed by atoms with Crippen LogP contribution in [-0.2, 0) is 7.05 Å². The van der Waals surface area contributed by atoms with Crippen molar-refractivity contribution in [1.82, 2.24) is 30.2 Å². The van der Waals surface area contributed by atoms with Crippen LogP contribution in [0.4, 0.5) is 5.69 Å². The Morgan fingerprint density at radius 2 is 2.22 bits per heavy atom. The molecule has 0 unspecified atom stereocenters. The van der Waals surface area contributed by atoms with Gasteiger partial charge in [0.05, 0.1) is 0 Å². The molecule has 0 radical (unpaired) electrons. The van der Waals surface area contributed by atoms with E-state index in [0.29, 0.717) is 5.57 Å². The van der Waals surface area contributed by atoms with Gasteiger partial charge in [-0.15, -0.1) is 10.2 Å². The zero-order valence-corrected chi connectivity index (χ0v) is 12.9. The predicted molar refractivity (Wildman–Crippen MR) is 85.2 cm³/mol. The van der Waals surface area contributed by atoms with Crippen molar-refractivity contribution in [3.63, 3.8) is 0 Å². The lowest BCUT2D eigenvalue weighted by atomic mass is 10.3. The normalized spacial score (nSPS) is 11.2. The maximum absolute atomic E-state index is 9.10. The Morgan fingerprint density at radius 1 is 1.39 bits per heavy atom. The number of aromatic amines is 1. The second kappa shape index (κ2) is 6.76. The number of rotatable bonds is 5. The third kappa shape index (κ3) is 3.56. The molecule has 0 amide bonds. The monoisotopic (exact) mass is 324 g/mol. The molecule has 0 saturated heterocycles. The molecule has 23 heavy (non-hydrogen) atoms. The number of aryl methyl sites for hydroxylation is 1. The first-order valence-corrected chi connectivity index (χ1v) is 7.44. The van der Waals surface area contributed by atoms with Crippen LogP contribution in [0.2, 0.25) is 0 Å². The number of benzene rings is 1. The van der Waals surface area contributed by atoms with Crippen LogP contribution < -0.4 is 5.32 Å². The number of nitrogens with zero attached hydrogens (tertiary/aromatic N) is 6. The third-order valence-electron chi connectivity index (χ3n) is 2.93. The standard InChI is InChI=1S/C14H12N8S/c1-22-7-6-16-14(22)23-12-4-2-11(3-5-12)17-9-10(8-15)13-18-20-21-19-13/h2-7,9,17H,1H3,(H,18,19,20,21). The maximum atomic E-state index is 9.10. The van der Waals surface area contributed by atoms with Crippen LogP contribution in [-0.4, -0.2) is 30.2 Å². The molecule has 0 bridgehead atoms. The van der Waals surface area contributed by atoms with Crippen LogP contribution in [0, 0.1) is 11.3 Å². The van der Waals surface area contributed by atoms with Crippen LogP contribution in [0.1, 0.15) is 5.82 Å². The van der Waals surface area contributed by atoms with Crippen molar-refractivity contribution in [3.05, 3.63) is 48.7 Å². The summed E-state index contributed by atoms with van der Waals surface area (Å²) < 4.78 is 1.96. The highest BCUT2D eigenvalue weighted by Crippen LogP contribution is 2.26. The molecular formula is C14H12N8S. The lowest BCUT2D eigenvalue weighted by molar-refractivity contribution is 0.790. The Morgan fingerprint density at radius 3 is 2.83 bits per heavy atom. The Labute approximate surface area is 136 Å². The summed E-state index contributed by atoms with van der Waals surface area (Å²) in [6.45, 7) is 0. The molecule has 0 aliphatic rings. The SMILES string of the molecule is Cn1ccnc1Sc1ccc(NC=C(C#N)c2nn[nH]n2)cc1. The number of tetrazole rings is 1. The zero-order valence-electron chi connectivity index (χ0n) is 12.1. The van der Waals surface area contributed by atoms with Gasteiger partial charge in [-0.2, -0.15) is 10.5 Å². The molecule has 0 atom stereocenters. The van der Waals surface area contributed by atoms with E-state index in [9.17, 15) is 0 Å². The van der Waals surface area contributed by atoms with Gasteiger partial charge in [0.2, 0.25) is 5.82 Å². The van der Waals surface area contributed by atoms with Gasteiger partial charge in [0.15, 0.2) is 5.16 Å². The molecule has 0 saturated carbocycles. The average Bonchev–Trinajstić information content (AvgIpc) is 3.22. The summed E-state index contributed by atoms with van der Waals surface area (Å²) in [5, 5.41) is 26.4.